The Morgan fingerprint density at radius 3 is 2.52 bits per heavy atom. The molecule has 2 N–H and O–H groups in total. The molecule has 0 unspecified atom stereocenters. The monoisotopic (exact) mass is 313 g/mol. The van der Waals surface area contributed by atoms with Crippen LogP contribution in [0.4, 0.5) is 23.0 Å². The van der Waals surface area contributed by atoms with Crippen LogP contribution in [0, 0.1) is 10.1 Å². The van der Waals surface area contributed by atoms with Gasteiger partial charge in [-0.3, -0.25) is 14.9 Å². The first kappa shape index (κ1) is 16.1. The lowest BCUT2D eigenvalue weighted by molar-refractivity contribution is -0.383. The standard InChI is InChI=1S/C15H15N5O3/c1-3-8-16-14-13(20(22)23)15(18-9-17-14)19-12-6-4-11(5-7-12)10(2)21/h3-7,9H,1,8H2,2H3,(H2,16,17,18,19). The third-order valence-electron chi connectivity index (χ3n) is 2.97. The summed E-state index contributed by atoms with van der Waals surface area (Å²) in [7, 11) is 0. The highest BCUT2D eigenvalue weighted by atomic mass is 16.6. The highest BCUT2D eigenvalue weighted by Crippen LogP contribution is 2.31. The lowest BCUT2D eigenvalue weighted by Crippen LogP contribution is -2.08. The van der Waals surface area contributed by atoms with Crippen molar-refractivity contribution in [2.24, 2.45) is 0 Å². The van der Waals surface area contributed by atoms with E-state index in [9.17, 15) is 14.9 Å². The normalized spacial score (nSPS) is 9.96. The van der Waals surface area contributed by atoms with Crippen LogP contribution >= 0.6 is 0 Å². The number of carbonyl (C=O) groups excluding carboxylic acids is 1. The highest BCUT2D eigenvalue weighted by Gasteiger charge is 2.22. The number of Topliss-reactive ketones (excluding diaryl/α,β-unsaturated/α-hetero) is 1. The molecule has 0 spiro atoms. The zero-order chi connectivity index (χ0) is 16.8. The van der Waals surface area contributed by atoms with Crippen LogP contribution in [-0.4, -0.2) is 27.2 Å². The summed E-state index contributed by atoms with van der Waals surface area (Å²) in [6.07, 6.45) is 2.80. The molecule has 0 saturated carbocycles. The number of nitro groups is 1. The summed E-state index contributed by atoms with van der Waals surface area (Å²) in [5.41, 5.74) is 0.873. The van der Waals surface area contributed by atoms with E-state index in [0.717, 1.165) is 0 Å². The first-order valence-corrected chi connectivity index (χ1v) is 6.75. The molecule has 0 amide bonds. The number of hydrogen-bond donors (Lipinski definition) is 2. The Labute approximate surface area is 132 Å². The van der Waals surface area contributed by atoms with Gasteiger partial charge < -0.3 is 10.6 Å². The maximum absolute atomic E-state index is 11.3. The van der Waals surface area contributed by atoms with Crippen molar-refractivity contribution in [3.63, 3.8) is 0 Å². The largest absolute Gasteiger partial charge is 0.361 e. The average molecular weight is 313 g/mol. The lowest BCUT2D eigenvalue weighted by atomic mass is 10.1. The molecule has 1 aromatic heterocycles. The van der Waals surface area contributed by atoms with Crippen LogP contribution in [0.25, 0.3) is 0 Å². The van der Waals surface area contributed by atoms with Crippen LogP contribution < -0.4 is 10.6 Å². The molecule has 1 heterocycles. The van der Waals surface area contributed by atoms with Crippen LogP contribution in [0.15, 0.2) is 43.2 Å². The fourth-order valence-corrected chi connectivity index (χ4v) is 1.87. The Bertz CT molecular complexity index is 743. The van der Waals surface area contributed by atoms with Gasteiger partial charge >= 0.3 is 5.69 Å². The van der Waals surface area contributed by atoms with Gasteiger partial charge in [-0.25, -0.2) is 9.97 Å². The third kappa shape index (κ3) is 3.88. The molecule has 0 radical (unpaired) electrons. The lowest BCUT2D eigenvalue weighted by Gasteiger charge is -2.09. The first-order valence-electron chi connectivity index (χ1n) is 6.75. The Kier molecular flexibility index (Phi) is 4.98. The molecule has 0 atom stereocenters. The number of ketones is 1. The molecule has 8 nitrogen and oxygen atoms in total. The second-order valence-corrected chi connectivity index (χ2v) is 4.60. The van der Waals surface area contributed by atoms with Crippen molar-refractivity contribution in [3.05, 3.63) is 58.9 Å². The molecule has 118 valence electrons. The number of aromatic nitrogens is 2. The summed E-state index contributed by atoms with van der Waals surface area (Å²) in [5, 5.41) is 17.0. The topological polar surface area (TPSA) is 110 Å². The molecule has 0 fully saturated rings. The van der Waals surface area contributed by atoms with Crippen molar-refractivity contribution < 1.29 is 9.72 Å². The van der Waals surface area contributed by atoms with Gasteiger partial charge in [0.15, 0.2) is 5.78 Å². The van der Waals surface area contributed by atoms with E-state index in [1.165, 1.54) is 13.3 Å². The molecule has 1 aromatic carbocycles. The highest BCUT2D eigenvalue weighted by molar-refractivity contribution is 5.94. The maximum Gasteiger partial charge on any atom is 0.353 e. The molecule has 8 heteroatoms. The summed E-state index contributed by atoms with van der Waals surface area (Å²) >= 11 is 0. The molecule has 0 aliphatic heterocycles. The third-order valence-corrected chi connectivity index (χ3v) is 2.97. The summed E-state index contributed by atoms with van der Waals surface area (Å²) in [6.45, 7) is 5.35. The summed E-state index contributed by atoms with van der Waals surface area (Å²) in [5.74, 6) is 0.111. The van der Waals surface area contributed by atoms with E-state index in [1.54, 1.807) is 30.3 Å². The SMILES string of the molecule is C=CCNc1ncnc(Nc2ccc(C(C)=O)cc2)c1[N+](=O)[O-]. The van der Waals surface area contributed by atoms with Crippen LogP contribution in [0.5, 0.6) is 0 Å². The molecule has 2 rings (SSSR count). The van der Waals surface area contributed by atoms with Gasteiger partial charge in [0.2, 0.25) is 11.6 Å². The Balaban J connectivity index is 2.33. The van der Waals surface area contributed by atoms with E-state index in [-0.39, 0.29) is 23.1 Å². The van der Waals surface area contributed by atoms with Crippen LogP contribution in [0.1, 0.15) is 17.3 Å². The number of nitrogens with one attached hydrogen (secondary N) is 2. The summed E-state index contributed by atoms with van der Waals surface area (Å²) in [6, 6.07) is 6.57. The van der Waals surface area contributed by atoms with Gasteiger partial charge in [0.05, 0.1) is 4.92 Å². The van der Waals surface area contributed by atoms with Crippen molar-refractivity contribution in [2.45, 2.75) is 6.92 Å². The minimum Gasteiger partial charge on any atom is -0.361 e. The van der Waals surface area contributed by atoms with Crippen molar-refractivity contribution in [1.82, 2.24) is 9.97 Å². The van der Waals surface area contributed by atoms with Gasteiger partial charge in [-0.1, -0.05) is 6.08 Å². The van der Waals surface area contributed by atoms with Crippen LogP contribution in [-0.2, 0) is 0 Å². The van der Waals surface area contributed by atoms with Crippen molar-refractivity contribution in [3.8, 4) is 0 Å². The van der Waals surface area contributed by atoms with Gasteiger partial charge in [-0.2, -0.15) is 0 Å². The second kappa shape index (κ2) is 7.12. The molecule has 23 heavy (non-hydrogen) atoms. The van der Waals surface area contributed by atoms with Crippen LogP contribution in [0.3, 0.4) is 0 Å². The molecule has 0 bridgehead atoms. The molecule has 0 aliphatic rings. The number of anilines is 3. The van der Waals surface area contributed by atoms with E-state index in [1.807, 2.05) is 0 Å². The molecular formula is C15H15N5O3. The molecule has 2 aromatic rings. The predicted molar refractivity (Wildman–Crippen MR) is 87.1 cm³/mol. The fraction of sp³-hybridized carbons (Fsp3) is 0.133. The summed E-state index contributed by atoms with van der Waals surface area (Å²) < 4.78 is 0. The molecular weight excluding hydrogens is 298 g/mol. The minimum atomic E-state index is -0.558. The zero-order valence-corrected chi connectivity index (χ0v) is 12.4. The van der Waals surface area contributed by atoms with Gasteiger partial charge in [0.1, 0.15) is 6.33 Å². The number of carbonyl (C=O) groups is 1. The molecule has 0 saturated heterocycles. The van der Waals surface area contributed by atoms with Crippen molar-refractivity contribution >= 4 is 28.8 Å². The quantitative estimate of drug-likeness (QED) is 0.350. The Hall–Kier alpha value is -3.29. The van der Waals surface area contributed by atoms with E-state index in [4.69, 9.17) is 0 Å². The number of hydrogen-bond acceptors (Lipinski definition) is 7. The number of benzene rings is 1. The predicted octanol–water partition coefficient (Wildman–Crippen LogP) is 2.93. The fourth-order valence-electron chi connectivity index (χ4n) is 1.87. The van der Waals surface area contributed by atoms with Crippen molar-refractivity contribution in [1.29, 1.82) is 0 Å². The first-order chi connectivity index (χ1) is 11.0. The minimum absolute atomic E-state index is 0.0551. The maximum atomic E-state index is 11.3. The zero-order valence-electron chi connectivity index (χ0n) is 12.4. The molecule has 0 aliphatic carbocycles. The number of rotatable bonds is 7. The second-order valence-electron chi connectivity index (χ2n) is 4.60. The summed E-state index contributed by atoms with van der Waals surface area (Å²) in [4.78, 5) is 29.8. The van der Waals surface area contributed by atoms with Gasteiger partial charge in [0, 0.05) is 17.8 Å². The van der Waals surface area contributed by atoms with E-state index >= 15 is 0 Å². The Morgan fingerprint density at radius 1 is 1.30 bits per heavy atom. The van der Waals surface area contributed by atoms with Crippen molar-refractivity contribution in [2.75, 3.05) is 17.2 Å². The van der Waals surface area contributed by atoms with E-state index in [2.05, 4.69) is 27.2 Å². The Morgan fingerprint density at radius 2 is 1.96 bits per heavy atom. The van der Waals surface area contributed by atoms with E-state index < -0.39 is 4.92 Å². The van der Waals surface area contributed by atoms with E-state index in [0.29, 0.717) is 17.8 Å². The van der Waals surface area contributed by atoms with Crippen LogP contribution in [0.2, 0.25) is 0 Å². The number of nitrogens with zero attached hydrogens (tertiary/aromatic N) is 3. The average Bonchev–Trinajstić information content (AvgIpc) is 2.53. The smallest absolute Gasteiger partial charge is 0.353 e. The van der Waals surface area contributed by atoms with Gasteiger partial charge in [-0.15, -0.1) is 6.58 Å². The van der Waals surface area contributed by atoms with Gasteiger partial charge in [-0.05, 0) is 31.2 Å². The van der Waals surface area contributed by atoms with Gasteiger partial charge in [0.25, 0.3) is 0 Å².